The molecule has 2 aromatic heterocycles. The zero-order valence-electron chi connectivity index (χ0n) is 12.6. The first-order chi connectivity index (χ1) is 11.2. The molecule has 0 saturated carbocycles. The number of anilines is 1. The Morgan fingerprint density at radius 2 is 2.22 bits per heavy atom. The topological polar surface area (TPSA) is 63.4 Å². The Kier molecular flexibility index (Phi) is 3.49. The first kappa shape index (κ1) is 14.2. The van der Waals surface area contributed by atoms with Crippen molar-refractivity contribution in [2.45, 2.75) is 24.5 Å². The summed E-state index contributed by atoms with van der Waals surface area (Å²) in [5.74, 6) is 0.942. The number of carbonyl (C=O) groups is 1. The fourth-order valence-corrected chi connectivity index (χ4v) is 3.60. The third-order valence-electron chi connectivity index (χ3n) is 3.90. The molecule has 0 aliphatic carbocycles. The number of amides is 1. The molecule has 1 aliphatic heterocycles. The lowest BCUT2D eigenvalue weighted by atomic mass is 10.1. The van der Waals surface area contributed by atoms with Crippen LogP contribution in [0.15, 0.2) is 47.9 Å². The van der Waals surface area contributed by atoms with E-state index in [1.54, 1.807) is 23.0 Å². The molecule has 1 amide bonds. The van der Waals surface area contributed by atoms with Crippen LogP contribution in [0.2, 0.25) is 0 Å². The van der Waals surface area contributed by atoms with E-state index in [1.165, 1.54) is 17.3 Å². The van der Waals surface area contributed by atoms with Crippen LogP contribution in [0.3, 0.4) is 0 Å². The van der Waals surface area contributed by atoms with Crippen molar-refractivity contribution in [2.75, 3.05) is 10.7 Å². The van der Waals surface area contributed by atoms with Gasteiger partial charge in [-0.05, 0) is 31.0 Å². The van der Waals surface area contributed by atoms with E-state index < -0.39 is 0 Å². The van der Waals surface area contributed by atoms with E-state index in [0.717, 1.165) is 12.1 Å². The molecule has 1 aliphatic rings. The highest BCUT2D eigenvalue weighted by Crippen LogP contribution is 2.32. The molecular formula is C16H15N5OS. The van der Waals surface area contributed by atoms with Gasteiger partial charge in [0.05, 0.1) is 5.75 Å². The summed E-state index contributed by atoms with van der Waals surface area (Å²) >= 11 is 1.34. The van der Waals surface area contributed by atoms with Crippen LogP contribution in [0.4, 0.5) is 5.69 Å². The number of hydrogen-bond donors (Lipinski definition) is 0. The first-order valence-corrected chi connectivity index (χ1v) is 8.41. The van der Waals surface area contributed by atoms with Crippen molar-refractivity contribution in [3.63, 3.8) is 0 Å². The van der Waals surface area contributed by atoms with Crippen LogP contribution in [-0.4, -0.2) is 37.3 Å². The summed E-state index contributed by atoms with van der Waals surface area (Å²) in [6.07, 6.45) is 4.37. The van der Waals surface area contributed by atoms with Crippen molar-refractivity contribution in [3.8, 4) is 0 Å². The highest BCUT2D eigenvalue weighted by Gasteiger charge is 2.30. The number of carbonyl (C=O) groups excluding carboxylic acids is 1. The van der Waals surface area contributed by atoms with Crippen molar-refractivity contribution >= 4 is 29.1 Å². The van der Waals surface area contributed by atoms with E-state index in [1.807, 2.05) is 23.1 Å². The number of hydrogen-bond acceptors (Lipinski definition) is 5. The van der Waals surface area contributed by atoms with Crippen LogP contribution in [0.1, 0.15) is 12.5 Å². The minimum atomic E-state index is 0.0827. The average molecular weight is 325 g/mol. The maximum absolute atomic E-state index is 12.6. The fourth-order valence-electron chi connectivity index (χ4n) is 2.92. The summed E-state index contributed by atoms with van der Waals surface area (Å²) in [6, 6.07) is 10.1. The summed E-state index contributed by atoms with van der Waals surface area (Å²) < 4.78 is 1.61. The molecule has 0 spiro atoms. The molecule has 116 valence electrons. The molecule has 3 aromatic rings. The number of thioether (sulfide) groups is 1. The van der Waals surface area contributed by atoms with Crippen LogP contribution in [0.5, 0.6) is 0 Å². The predicted molar refractivity (Wildman–Crippen MR) is 88.6 cm³/mol. The summed E-state index contributed by atoms with van der Waals surface area (Å²) in [7, 11) is 0. The minimum absolute atomic E-state index is 0.0827. The van der Waals surface area contributed by atoms with Gasteiger partial charge in [0.1, 0.15) is 0 Å². The van der Waals surface area contributed by atoms with Gasteiger partial charge in [0.2, 0.25) is 11.1 Å². The van der Waals surface area contributed by atoms with E-state index in [0.29, 0.717) is 16.7 Å². The second kappa shape index (κ2) is 5.66. The molecule has 0 bridgehead atoms. The van der Waals surface area contributed by atoms with Gasteiger partial charge in [-0.25, -0.2) is 9.50 Å². The zero-order chi connectivity index (χ0) is 15.8. The molecule has 0 fully saturated rings. The molecule has 4 rings (SSSR count). The molecule has 0 saturated heterocycles. The molecule has 0 radical (unpaired) electrons. The van der Waals surface area contributed by atoms with Gasteiger partial charge in [0, 0.05) is 24.1 Å². The number of aromatic nitrogens is 4. The lowest BCUT2D eigenvalue weighted by molar-refractivity contribution is -0.116. The maximum atomic E-state index is 12.6. The molecule has 7 heteroatoms. The van der Waals surface area contributed by atoms with Gasteiger partial charge in [-0.2, -0.15) is 4.98 Å². The van der Waals surface area contributed by atoms with Gasteiger partial charge in [0.15, 0.2) is 0 Å². The molecule has 3 heterocycles. The average Bonchev–Trinajstić information content (AvgIpc) is 3.12. The van der Waals surface area contributed by atoms with E-state index >= 15 is 0 Å². The maximum Gasteiger partial charge on any atom is 0.253 e. The predicted octanol–water partition coefficient (Wildman–Crippen LogP) is 2.19. The molecule has 1 atom stereocenters. The van der Waals surface area contributed by atoms with Crippen LogP contribution in [0.25, 0.3) is 5.78 Å². The van der Waals surface area contributed by atoms with Crippen LogP contribution < -0.4 is 4.90 Å². The van der Waals surface area contributed by atoms with Crippen molar-refractivity contribution < 1.29 is 4.79 Å². The Bertz CT molecular complexity index is 845. The number of rotatable bonds is 3. The van der Waals surface area contributed by atoms with Crippen LogP contribution in [0, 0.1) is 0 Å². The van der Waals surface area contributed by atoms with Gasteiger partial charge < -0.3 is 4.90 Å². The zero-order valence-corrected chi connectivity index (χ0v) is 13.4. The number of fused-ring (bicyclic) bond motifs is 2. The standard InChI is InChI=1S/C16H15N5OS/c1-11-9-12-5-2-3-6-13(12)21(11)14(22)10-23-16-18-15-17-7-4-8-20(15)19-16/h2-8,11H,9-10H2,1H3/t11-/m1/s1. The molecule has 23 heavy (non-hydrogen) atoms. The molecule has 0 N–H and O–H groups in total. The molecule has 1 aromatic carbocycles. The van der Waals surface area contributed by atoms with Crippen LogP contribution in [-0.2, 0) is 11.2 Å². The van der Waals surface area contributed by atoms with Crippen molar-refractivity contribution in [2.24, 2.45) is 0 Å². The molecule has 6 nitrogen and oxygen atoms in total. The fraction of sp³-hybridized carbons (Fsp3) is 0.250. The van der Waals surface area contributed by atoms with Gasteiger partial charge in [-0.3, -0.25) is 4.79 Å². The van der Waals surface area contributed by atoms with Crippen molar-refractivity contribution in [1.29, 1.82) is 0 Å². The smallest absolute Gasteiger partial charge is 0.253 e. The summed E-state index contributed by atoms with van der Waals surface area (Å²) in [5, 5.41) is 4.88. The Morgan fingerprint density at radius 3 is 3.09 bits per heavy atom. The summed E-state index contributed by atoms with van der Waals surface area (Å²) in [6.45, 7) is 2.08. The summed E-state index contributed by atoms with van der Waals surface area (Å²) in [5.41, 5.74) is 2.25. The Morgan fingerprint density at radius 1 is 1.35 bits per heavy atom. The Balaban J connectivity index is 1.50. The highest BCUT2D eigenvalue weighted by atomic mass is 32.2. The van der Waals surface area contributed by atoms with E-state index in [4.69, 9.17) is 0 Å². The van der Waals surface area contributed by atoms with Gasteiger partial charge in [-0.15, -0.1) is 5.10 Å². The van der Waals surface area contributed by atoms with Gasteiger partial charge in [-0.1, -0.05) is 30.0 Å². The van der Waals surface area contributed by atoms with E-state index in [2.05, 4.69) is 28.1 Å². The van der Waals surface area contributed by atoms with E-state index in [-0.39, 0.29) is 11.9 Å². The Labute approximate surface area is 137 Å². The number of para-hydroxylation sites is 1. The first-order valence-electron chi connectivity index (χ1n) is 7.42. The lowest BCUT2D eigenvalue weighted by Crippen LogP contribution is -2.37. The monoisotopic (exact) mass is 325 g/mol. The minimum Gasteiger partial charge on any atom is -0.308 e. The van der Waals surface area contributed by atoms with Gasteiger partial charge >= 0.3 is 0 Å². The number of nitrogens with zero attached hydrogens (tertiary/aromatic N) is 5. The second-order valence-corrected chi connectivity index (χ2v) is 6.44. The lowest BCUT2D eigenvalue weighted by Gasteiger charge is -2.22. The highest BCUT2D eigenvalue weighted by molar-refractivity contribution is 7.99. The van der Waals surface area contributed by atoms with Crippen molar-refractivity contribution in [3.05, 3.63) is 48.3 Å². The summed E-state index contributed by atoms with van der Waals surface area (Å²) in [4.78, 5) is 23.0. The molecular weight excluding hydrogens is 310 g/mol. The number of benzene rings is 1. The normalized spacial score (nSPS) is 16.7. The third kappa shape index (κ3) is 2.57. The largest absolute Gasteiger partial charge is 0.308 e. The second-order valence-electron chi connectivity index (χ2n) is 5.49. The SMILES string of the molecule is C[C@@H]1Cc2ccccc2N1C(=O)CSc1nc2ncccn2n1. The Hall–Kier alpha value is -2.41. The molecule has 0 unspecified atom stereocenters. The van der Waals surface area contributed by atoms with Crippen molar-refractivity contribution in [1.82, 2.24) is 19.6 Å². The quantitative estimate of drug-likeness (QED) is 0.691. The van der Waals surface area contributed by atoms with Gasteiger partial charge in [0.25, 0.3) is 5.78 Å². The third-order valence-corrected chi connectivity index (χ3v) is 4.72. The van der Waals surface area contributed by atoms with E-state index in [9.17, 15) is 4.79 Å². The van der Waals surface area contributed by atoms with Crippen LogP contribution >= 0.6 is 11.8 Å².